The highest BCUT2D eigenvalue weighted by Crippen LogP contribution is 2.29. The van der Waals surface area contributed by atoms with Gasteiger partial charge >= 0.3 is 5.69 Å². The minimum atomic E-state index is -0.547. The van der Waals surface area contributed by atoms with Crippen LogP contribution in [0.15, 0.2) is 45.6 Å². The Bertz CT molecular complexity index is 1070. The second-order valence-electron chi connectivity index (χ2n) is 5.27. The molecule has 25 heavy (non-hydrogen) atoms. The number of thioether (sulfide) groups is 1. The van der Waals surface area contributed by atoms with E-state index in [9.17, 15) is 14.0 Å². The van der Waals surface area contributed by atoms with E-state index in [1.807, 2.05) is 0 Å². The topological polar surface area (TPSA) is 72.7 Å². The molecule has 0 aliphatic rings. The highest BCUT2D eigenvalue weighted by molar-refractivity contribution is 7.98. The van der Waals surface area contributed by atoms with Gasteiger partial charge < -0.3 is 4.57 Å². The predicted octanol–water partition coefficient (Wildman–Crippen LogP) is 2.69. The van der Waals surface area contributed by atoms with Gasteiger partial charge in [-0.2, -0.15) is 0 Å². The van der Waals surface area contributed by atoms with Gasteiger partial charge in [-0.15, -0.1) is 6.58 Å². The van der Waals surface area contributed by atoms with E-state index in [4.69, 9.17) is 11.6 Å². The third-order valence-corrected chi connectivity index (χ3v) is 5.05. The van der Waals surface area contributed by atoms with Gasteiger partial charge in [0.2, 0.25) is 0 Å². The van der Waals surface area contributed by atoms with E-state index in [1.54, 1.807) is 16.7 Å². The van der Waals surface area contributed by atoms with E-state index in [0.717, 1.165) is 0 Å². The average Bonchev–Trinajstić information content (AvgIpc) is 2.92. The first-order chi connectivity index (χ1) is 11.9. The van der Waals surface area contributed by atoms with Crippen molar-refractivity contribution in [2.45, 2.75) is 17.5 Å². The number of fused-ring (bicyclic) bond motifs is 1. The summed E-state index contributed by atoms with van der Waals surface area (Å²) in [4.78, 5) is 30.6. The van der Waals surface area contributed by atoms with Crippen LogP contribution in [0.1, 0.15) is 5.56 Å². The largest absolute Gasteiger partial charge is 0.329 e. The number of nitrogens with zero attached hydrogens (tertiary/aromatic N) is 3. The minimum Gasteiger partial charge on any atom is -0.309 e. The maximum Gasteiger partial charge on any atom is 0.329 e. The molecule has 2 heterocycles. The Kier molecular flexibility index (Phi) is 4.82. The van der Waals surface area contributed by atoms with Crippen LogP contribution in [0.4, 0.5) is 4.39 Å². The summed E-state index contributed by atoms with van der Waals surface area (Å²) in [5.41, 5.74) is -0.186. The molecule has 0 bridgehead atoms. The zero-order chi connectivity index (χ0) is 18.1. The van der Waals surface area contributed by atoms with E-state index in [-0.39, 0.29) is 16.9 Å². The number of hydrogen-bond acceptors (Lipinski definition) is 4. The van der Waals surface area contributed by atoms with Crippen molar-refractivity contribution in [3.63, 3.8) is 0 Å². The van der Waals surface area contributed by atoms with Crippen molar-refractivity contribution in [2.75, 3.05) is 0 Å². The second kappa shape index (κ2) is 6.89. The van der Waals surface area contributed by atoms with E-state index < -0.39 is 17.1 Å². The van der Waals surface area contributed by atoms with Gasteiger partial charge in [0.1, 0.15) is 5.82 Å². The average molecular weight is 381 g/mol. The molecule has 0 radical (unpaired) electrons. The Morgan fingerprint density at radius 3 is 2.88 bits per heavy atom. The van der Waals surface area contributed by atoms with Crippen LogP contribution in [0.5, 0.6) is 0 Å². The van der Waals surface area contributed by atoms with Gasteiger partial charge in [0.25, 0.3) is 5.56 Å². The molecule has 0 fully saturated rings. The summed E-state index contributed by atoms with van der Waals surface area (Å²) in [5.74, 6) is -0.172. The molecule has 0 aliphatic heterocycles. The highest BCUT2D eigenvalue weighted by Gasteiger charge is 2.18. The smallest absolute Gasteiger partial charge is 0.309 e. The van der Waals surface area contributed by atoms with Gasteiger partial charge in [0.15, 0.2) is 16.3 Å². The molecule has 1 aromatic carbocycles. The molecule has 0 aliphatic carbocycles. The fourth-order valence-corrected chi connectivity index (χ4v) is 3.78. The molecule has 0 unspecified atom stereocenters. The van der Waals surface area contributed by atoms with Gasteiger partial charge in [-0.1, -0.05) is 35.5 Å². The number of benzene rings is 1. The van der Waals surface area contributed by atoms with Crippen LogP contribution in [0, 0.1) is 5.82 Å². The second-order valence-corrected chi connectivity index (χ2v) is 6.62. The maximum atomic E-state index is 13.9. The lowest BCUT2D eigenvalue weighted by molar-refractivity contribution is 0.617. The summed E-state index contributed by atoms with van der Waals surface area (Å²) in [6.45, 7) is 4.00. The van der Waals surface area contributed by atoms with Crippen molar-refractivity contribution in [2.24, 2.45) is 7.05 Å². The number of imidazole rings is 1. The van der Waals surface area contributed by atoms with Crippen molar-refractivity contribution in [3.8, 4) is 0 Å². The number of halogens is 2. The van der Waals surface area contributed by atoms with Gasteiger partial charge in [0.05, 0.1) is 0 Å². The molecule has 0 amide bonds. The van der Waals surface area contributed by atoms with Crippen LogP contribution in [0.25, 0.3) is 11.2 Å². The van der Waals surface area contributed by atoms with Gasteiger partial charge in [-0.3, -0.25) is 14.3 Å². The molecule has 0 atom stereocenters. The van der Waals surface area contributed by atoms with E-state index in [1.165, 1.54) is 35.5 Å². The lowest BCUT2D eigenvalue weighted by Crippen LogP contribution is -2.29. The van der Waals surface area contributed by atoms with Crippen molar-refractivity contribution >= 4 is 34.5 Å². The Morgan fingerprint density at radius 1 is 1.44 bits per heavy atom. The SMILES string of the molecule is C=CCn1c(SCc2c(F)cccc2Cl)nc2c1c(=O)[nH]c(=O)n2C. The van der Waals surface area contributed by atoms with Crippen molar-refractivity contribution in [1.82, 2.24) is 19.1 Å². The Labute approximate surface area is 151 Å². The normalized spacial score (nSPS) is 11.2. The Morgan fingerprint density at radius 2 is 2.20 bits per heavy atom. The number of aromatic nitrogens is 4. The van der Waals surface area contributed by atoms with Gasteiger partial charge in [0, 0.05) is 29.9 Å². The molecule has 0 spiro atoms. The first-order valence-electron chi connectivity index (χ1n) is 7.30. The number of H-pyrrole nitrogens is 1. The van der Waals surface area contributed by atoms with Crippen LogP contribution < -0.4 is 11.2 Å². The summed E-state index contributed by atoms with van der Waals surface area (Å²) in [5, 5.41) is 0.796. The molecule has 0 saturated heterocycles. The number of hydrogen-bond donors (Lipinski definition) is 1. The molecule has 2 aromatic heterocycles. The molecule has 9 heteroatoms. The summed E-state index contributed by atoms with van der Waals surface area (Å²) in [7, 11) is 1.52. The van der Waals surface area contributed by atoms with Crippen molar-refractivity contribution in [1.29, 1.82) is 0 Å². The zero-order valence-corrected chi connectivity index (χ0v) is 14.8. The molecular weight excluding hydrogens is 367 g/mol. The van der Waals surface area contributed by atoms with Crippen molar-refractivity contribution in [3.05, 3.63) is 68.1 Å². The van der Waals surface area contributed by atoms with Crippen LogP contribution in [-0.4, -0.2) is 19.1 Å². The maximum absolute atomic E-state index is 13.9. The summed E-state index contributed by atoms with van der Waals surface area (Å²) < 4.78 is 16.8. The number of nitrogens with one attached hydrogen (secondary N) is 1. The lowest BCUT2D eigenvalue weighted by Gasteiger charge is -2.07. The Hall–Kier alpha value is -2.32. The fourth-order valence-electron chi connectivity index (χ4n) is 2.43. The van der Waals surface area contributed by atoms with Crippen molar-refractivity contribution < 1.29 is 4.39 Å². The molecule has 3 aromatic rings. The number of allylic oxidation sites excluding steroid dienone is 1. The summed E-state index contributed by atoms with van der Waals surface area (Å²) in [6.07, 6.45) is 1.62. The minimum absolute atomic E-state index is 0.234. The zero-order valence-electron chi connectivity index (χ0n) is 13.3. The van der Waals surface area contributed by atoms with Gasteiger partial charge in [-0.25, -0.2) is 14.2 Å². The van der Waals surface area contributed by atoms with E-state index in [0.29, 0.717) is 22.3 Å². The third-order valence-electron chi connectivity index (χ3n) is 3.69. The molecule has 0 saturated carbocycles. The van der Waals surface area contributed by atoms with Crippen LogP contribution in [0.2, 0.25) is 5.02 Å². The highest BCUT2D eigenvalue weighted by atomic mass is 35.5. The first kappa shape index (κ1) is 17.5. The molecular formula is C16H14ClFN4O2S. The Balaban J connectivity index is 2.10. The quantitative estimate of drug-likeness (QED) is 0.545. The standard InChI is InChI=1S/C16H14ClFN4O2S/c1-3-7-22-12-13(21(2)15(24)20-14(12)23)19-16(22)25-8-9-10(17)5-4-6-11(9)18/h3-6H,1,7-8H2,2H3,(H,20,23,24). The number of rotatable bonds is 5. The monoisotopic (exact) mass is 380 g/mol. The fraction of sp³-hybridized carbons (Fsp3) is 0.188. The lowest BCUT2D eigenvalue weighted by atomic mass is 10.2. The predicted molar refractivity (Wildman–Crippen MR) is 96.8 cm³/mol. The first-order valence-corrected chi connectivity index (χ1v) is 8.66. The van der Waals surface area contributed by atoms with Gasteiger partial charge in [-0.05, 0) is 12.1 Å². The van der Waals surface area contributed by atoms with Crippen LogP contribution in [-0.2, 0) is 19.3 Å². The molecule has 6 nitrogen and oxygen atoms in total. The van der Waals surface area contributed by atoms with Crippen LogP contribution in [0.3, 0.4) is 0 Å². The molecule has 1 N–H and O–H groups in total. The van der Waals surface area contributed by atoms with Crippen LogP contribution >= 0.6 is 23.4 Å². The summed E-state index contributed by atoms with van der Waals surface area (Å²) in [6, 6.07) is 4.48. The third kappa shape index (κ3) is 3.14. The van der Waals surface area contributed by atoms with E-state index in [2.05, 4.69) is 16.5 Å². The number of aromatic amines is 1. The number of aryl methyl sites for hydroxylation is 1. The van der Waals surface area contributed by atoms with E-state index >= 15 is 0 Å². The summed E-state index contributed by atoms with van der Waals surface area (Å²) >= 11 is 7.28. The molecule has 130 valence electrons. The molecule has 3 rings (SSSR count).